The summed E-state index contributed by atoms with van der Waals surface area (Å²) < 4.78 is 11.2. The molecule has 0 aliphatic rings. The summed E-state index contributed by atoms with van der Waals surface area (Å²) in [4.78, 5) is 0. The molecule has 1 unspecified atom stereocenters. The molecule has 0 fully saturated rings. The van der Waals surface area contributed by atoms with E-state index in [0.717, 1.165) is 17.7 Å². The zero-order chi connectivity index (χ0) is 9.52. The minimum atomic E-state index is -0.801. The third kappa shape index (κ3) is 4.04. The van der Waals surface area contributed by atoms with Crippen molar-refractivity contribution < 1.29 is 4.21 Å². The number of benzene rings is 1. The molecule has 0 N–H and O–H groups in total. The molecule has 0 spiro atoms. The van der Waals surface area contributed by atoms with Crippen molar-refractivity contribution in [2.24, 2.45) is 0 Å². The molecule has 0 bridgehead atoms. The van der Waals surface area contributed by atoms with Crippen molar-refractivity contribution in [2.45, 2.75) is 13.3 Å². The van der Waals surface area contributed by atoms with Crippen molar-refractivity contribution in [3.8, 4) is 0 Å². The van der Waals surface area contributed by atoms with Gasteiger partial charge in [-0.3, -0.25) is 4.21 Å². The van der Waals surface area contributed by atoms with E-state index in [0.29, 0.717) is 0 Å². The van der Waals surface area contributed by atoms with E-state index in [-0.39, 0.29) is 0 Å². The molecule has 0 radical (unpaired) electrons. The zero-order valence-corrected chi connectivity index (χ0v) is 8.59. The number of hydrogen-bond acceptors (Lipinski definition) is 1. The summed E-state index contributed by atoms with van der Waals surface area (Å²) in [6, 6.07) is 9.92. The van der Waals surface area contributed by atoms with Gasteiger partial charge in [0.15, 0.2) is 0 Å². The number of rotatable bonds is 4. The zero-order valence-electron chi connectivity index (χ0n) is 7.77. The molecular formula is C11H14OS. The fourth-order valence-electron chi connectivity index (χ4n) is 0.988. The largest absolute Gasteiger partial charge is 0.255 e. The van der Waals surface area contributed by atoms with Crippen LogP contribution >= 0.6 is 0 Å². The molecule has 1 aromatic carbocycles. The van der Waals surface area contributed by atoms with Gasteiger partial charge in [-0.2, -0.15) is 0 Å². The Labute approximate surface area is 81.9 Å². The lowest BCUT2D eigenvalue weighted by atomic mass is 10.2. The highest BCUT2D eigenvalue weighted by Gasteiger charge is 1.90. The monoisotopic (exact) mass is 194 g/mol. The molecule has 2 heteroatoms. The molecule has 1 aromatic rings. The molecule has 70 valence electrons. The van der Waals surface area contributed by atoms with Gasteiger partial charge >= 0.3 is 0 Å². The normalized spacial score (nSPS) is 13.3. The van der Waals surface area contributed by atoms with E-state index >= 15 is 0 Å². The van der Waals surface area contributed by atoms with Crippen LogP contribution in [0, 0.1) is 0 Å². The average molecular weight is 194 g/mol. The molecular weight excluding hydrogens is 180 g/mol. The lowest BCUT2D eigenvalue weighted by Gasteiger charge is -1.92. The minimum absolute atomic E-state index is 0.753. The van der Waals surface area contributed by atoms with Gasteiger partial charge in [-0.05, 0) is 18.1 Å². The Balaban J connectivity index is 2.54. The van der Waals surface area contributed by atoms with Crippen molar-refractivity contribution in [3.05, 3.63) is 41.3 Å². The summed E-state index contributed by atoms with van der Waals surface area (Å²) in [5.41, 5.74) is 1.10. The maximum atomic E-state index is 11.2. The van der Waals surface area contributed by atoms with E-state index in [1.807, 2.05) is 43.3 Å². The van der Waals surface area contributed by atoms with Crippen LogP contribution in [0.15, 0.2) is 35.7 Å². The van der Waals surface area contributed by atoms with Crippen LogP contribution in [0.2, 0.25) is 0 Å². The van der Waals surface area contributed by atoms with E-state index in [4.69, 9.17) is 0 Å². The fourth-order valence-corrected chi connectivity index (χ4v) is 1.84. The lowest BCUT2D eigenvalue weighted by molar-refractivity contribution is 0.687. The van der Waals surface area contributed by atoms with Gasteiger partial charge in [0.05, 0.1) is 0 Å². The lowest BCUT2D eigenvalue weighted by Crippen LogP contribution is -1.89. The van der Waals surface area contributed by atoms with Gasteiger partial charge in [0.1, 0.15) is 0 Å². The van der Waals surface area contributed by atoms with Crippen LogP contribution in [0.4, 0.5) is 0 Å². The maximum absolute atomic E-state index is 11.2. The van der Waals surface area contributed by atoms with Gasteiger partial charge in [0.25, 0.3) is 0 Å². The second-order valence-corrected chi connectivity index (χ2v) is 4.24. The smallest absolute Gasteiger partial charge is 0.0456 e. The Morgan fingerprint density at radius 1 is 1.31 bits per heavy atom. The van der Waals surface area contributed by atoms with Crippen LogP contribution in [-0.4, -0.2) is 9.96 Å². The van der Waals surface area contributed by atoms with Gasteiger partial charge in [-0.15, -0.1) is 0 Å². The molecule has 1 nitrogen and oxygen atoms in total. The van der Waals surface area contributed by atoms with Gasteiger partial charge in [0, 0.05) is 22.0 Å². The van der Waals surface area contributed by atoms with E-state index in [2.05, 4.69) is 0 Å². The second-order valence-electron chi connectivity index (χ2n) is 2.80. The van der Waals surface area contributed by atoms with E-state index in [1.165, 1.54) is 0 Å². The summed E-state index contributed by atoms with van der Waals surface area (Å²) in [5.74, 6) is 0.753. The van der Waals surface area contributed by atoms with Crippen molar-refractivity contribution in [3.63, 3.8) is 0 Å². The van der Waals surface area contributed by atoms with Crippen molar-refractivity contribution in [1.29, 1.82) is 0 Å². The Morgan fingerprint density at radius 3 is 2.62 bits per heavy atom. The Bertz CT molecular complexity index is 290. The molecule has 0 saturated carbocycles. The van der Waals surface area contributed by atoms with Crippen LogP contribution in [0.25, 0.3) is 6.08 Å². The molecule has 0 saturated heterocycles. The average Bonchev–Trinajstić information content (AvgIpc) is 2.17. The van der Waals surface area contributed by atoms with Gasteiger partial charge in [0.2, 0.25) is 0 Å². The highest BCUT2D eigenvalue weighted by atomic mass is 32.2. The third-order valence-electron chi connectivity index (χ3n) is 1.62. The van der Waals surface area contributed by atoms with Gasteiger partial charge in [-0.25, -0.2) is 0 Å². The summed E-state index contributed by atoms with van der Waals surface area (Å²) in [6.45, 7) is 2.04. The van der Waals surface area contributed by atoms with Crippen molar-refractivity contribution in [1.82, 2.24) is 0 Å². The van der Waals surface area contributed by atoms with Crippen LogP contribution in [-0.2, 0) is 10.8 Å². The predicted molar refractivity (Wildman–Crippen MR) is 58.8 cm³/mol. The maximum Gasteiger partial charge on any atom is 0.0456 e. The Morgan fingerprint density at radius 2 is 2.00 bits per heavy atom. The van der Waals surface area contributed by atoms with Gasteiger partial charge in [-0.1, -0.05) is 37.3 Å². The van der Waals surface area contributed by atoms with Crippen molar-refractivity contribution in [2.75, 3.05) is 5.75 Å². The standard InChI is InChI=1S/C11H14OS/c1-2-9-13(12)10-8-11-6-4-3-5-7-11/h3-8,10H,2,9H2,1H3/b10-8+. The molecule has 0 amide bonds. The highest BCUT2D eigenvalue weighted by Crippen LogP contribution is 2.02. The van der Waals surface area contributed by atoms with Gasteiger partial charge < -0.3 is 0 Å². The first-order chi connectivity index (χ1) is 6.33. The Hall–Kier alpha value is -0.890. The van der Waals surface area contributed by atoms with Crippen molar-refractivity contribution >= 4 is 16.9 Å². The van der Waals surface area contributed by atoms with E-state index in [1.54, 1.807) is 5.41 Å². The van der Waals surface area contributed by atoms with Crippen LogP contribution in [0.3, 0.4) is 0 Å². The molecule has 13 heavy (non-hydrogen) atoms. The third-order valence-corrected chi connectivity index (χ3v) is 2.87. The minimum Gasteiger partial charge on any atom is -0.255 e. The number of hydrogen-bond donors (Lipinski definition) is 0. The quantitative estimate of drug-likeness (QED) is 0.720. The van der Waals surface area contributed by atoms with Crippen LogP contribution < -0.4 is 0 Å². The van der Waals surface area contributed by atoms with Crippen LogP contribution in [0.5, 0.6) is 0 Å². The SMILES string of the molecule is CCCS(=O)/C=C/c1ccccc1. The Kier molecular flexibility index (Phi) is 4.47. The van der Waals surface area contributed by atoms with E-state index in [9.17, 15) is 4.21 Å². The first kappa shape index (κ1) is 10.2. The summed E-state index contributed by atoms with van der Waals surface area (Å²) in [5, 5.41) is 1.76. The first-order valence-electron chi connectivity index (χ1n) is 4.43. The summed E-state index contributed by atoms with van der Waals surface area (Å²) in [6.07, 6.45) is 2.87. The highest BCUT2D eigenvalue weighted by molar-refractivity contribution is 7.88. The molecule has 0 aliphatic carbocycles. The topological polar surface area (TPSA) is 17.1 Å². The first-order valence-corrected chi connectivity index (χ1v) is 5.81. The molecule has 1 rings (SSSR count). The van der Waals surface area contributed by atoms with E-state index < -0.39 is 10.8 Å². The van der Waals surface area contributed by atoms with Crippen LogP contribution in [0.1, 0.15) is 18.9 Å². The molecule has 0 heterocycles. The summed E-state index contributed by atoms with van der Waals surface area (Å²) in [7, 11) is -0.801. The summed E-state index contributed by atoms with van der Waals surface area (Å²) >= 11 is 0. The molecule has 0 aromatic heterocycles. The second kappa shape index (κ2) is 5.70. The fraction of sp³-hybridized carbons (Fsp3) is 0.273. The molecule has 1 atom stereocenters. The molecule has 0 aliphatic heterocycles. The predicted octanol–water partition coefficient (Wildman–Crippen LogP) is 2.82.